The number of hydrogen-bond acceptors (Lipinski definition) is 4. The van der Waals surface area contributed by atoms with E-state index in [2.05, 4.69) is 27.1 Å². The molecule has 1 fully saturated rings. The smallest absolute Gasteiger partial charge is 0.330 e. The number of methoxy groups -OCH3 is 1. The number of nitrogens with zero attached hydrogens (tertiary/aromatic N) is 1. The van der Waals surface area contributed by atoms with Gasteiger partial charge >= 0.3 is 5.97 Å². The Balaban J connectivity index is 1.90. The van der Waals surface area contributed by atoms with Crippen molar-refractivity contribution in [2.75, 3.05) is 33.3 Å². The van der Waals surface area contributed by atoms with Crippen LogP contribution in [-0.2, 0) is 16.1 Å². The largest absolute Gasteiger partial charge is 0.466 e. The Bertz CT molecular complexity index is 434. The van der Waals surface area contributed by atoms with Gasteiger partial charge in [0.2, 0.25) is 0 Å². The second-order valence-electron chi connectivity index (χ2n) is 4.62. The van der Waals surface area contributed by atoms with Crippen LogP contribution in [0.15, 0.2) is 30.3 Å². The average molecular weight is 260 g/mol. The van der Waals surface area contributed by atoms with Crippen LogP contribution < -0.4 is 5.32 Å². The molecule has 0 saturated carbocycles. The van der Waals surface area contributed by atoms with E-state index < -0.39 is 0 Å². The molecule has 102 valence electrons. The number of rotatable bonds is 4. The molecule has 0 aromatic heterocycles. The lowest BCUT2D eigenvalue weighted by Gasteiger charge is -2.27. The minimum absolute atomic E-state index is 0.329. The summed E-state index contributed by atoms with van der Waals surface area (Å²) < 4.78 is 4.56. The number of ether oxygens (including phenoxy) is 1. The second kappa shape index (κ2) is 7.07. The summed E-state index contributed by atoms with van der Waals surface area (Å²) in [5, 5.41) is 3.35. The van der Waals surface area contributed by atoms with Gasteiger partial charge in [-0.2, -0.15) is 0 Å². The Labute approximate surface area is 114 Å². The van der Waals surface area contributed by atoms with Crippen LogP contribution in [-0.4, -0.2) is 44.2 Å². The molecule has 4 nitrogen and oxygen atoms in total. The molecule has 1 aliphatic heterocycles. The van der Waals surface area contributed by atoms with Gasteiger partial charge in [0.1, 0.15) is 0 Å². The molecule has 2 rings (SSSR count). The summed E-state index contributed by atoms with van der Waals surface area (Å²) in [6.45, 7) is 5.33. The van der Waals surface area contributed by atoms with E-state index in [1.807, 2.05) is 12.1 Å². The third kappa shape index (κ3) is 4.50. The van der Waals surface area contributed by atoms with Gasteiger partial charge in [0.25, 0.3) is 0 Å². The predicted molar refractivity (Wildman–Crippen MR) is 75.6 cm³/mol. The van der Waals surface area contributed by atoms with E-state index in [4.69, 9.17) is 0 Å². The number of benzene rings is 1. The number of hydrogen-bond donors (Lipinski definition) is 1. The number of nitrogens with one attached hydrogen (secondary N) is 1. The molecule has 1 aromatic carbocycles. The number of esters is 1. The van der Waals surface area contributed by atoms with E-state index >= 15 is 0 Å². The molecular formula is C15H20N2O2. The van der Waals surface area contributed by atoms with E-state index in [1.165, 1.54) is 18.7 Å². The molecule has 0 unspecified atom stereocenters. The van der Waals surface area contributed by atoms with Crippen LogP contribution in [0, 0.1) is 0 Å². The number of carbonyl (C=O) groups is 1. The lowest BCUT2D eigenvalue weighted by atomic mass is 10.1. The van der Waals surface area contributed by atoms with Crippen molar-refractivity contribution in [2.45, 2.75) is 6.54 Å². The van der Waals surface area contributed by atoms with Gasteiger partial charge in [0, 0.05) is 38.8 Å². The monoisotopic (exact) mass is 260 g/mol. The highest BCUT2D eigenvalue weighted by Crippen LogP contribution is 2.09. The van der Waals surface area contributed by atoms with Crippen LogP contribution in [0.2, 0.25) is 0 Å². The summed E-state index contributed by atoms with van der Waals surface area (Å²) in [5.74, 6) is -0.329. The molecule has 0 radical (unpaired) electrons. The molecular weight excluding hydrogens is 240 g/mol. The van der Waals surface area contributed by atoms with Crippen LogP contribution in [0.5, 0.6) is 0 Å². The third-order valence-corrected chi connectivity index (χ3v) is 3.21. The summed E-state index contributed by atoms with van der Waals surface area (Å²) >= 11 is 0. The van der Waals surface area contributed by atoms with Crippen molar-refractivity contribution in [1.82, 2.24) is 10.2 Å². The van der Waals surface area contributed by atoms with Gasteiger partial charge in [0.15, 0.2) is 0 Å². The molecule has 0 amide bonds. The molecule has 0 atom stereocenters. The second-order valence-corrected chi connectivity index (χ2v) is 4.62. The van der Waals surface area contributed by atoms with Crippen molar-refractivity contribution in [3.05, 3.63) is 41.5 Å². The van der Waals surface area contributed by atoms with Crippen molar-refractivity contribution in [1.29, 1.82) is 0 Å². The maximum Gasteiger partial charge on any atom is 0.330 e. The predicted octanol–water partition coefficient (Wildman–Crippen LogP) is 1.28. The van der Waals surface area contributed by atoms with Crippen LogP contribution in [0.3, 0.4) is 0 Å². The fourth-order valence-corrected chi connectivity index (χ4v) is 2.09. The van der Waals surface area contributed by atoms with Crippen LogP contribution in [0.1, 0.15) is 11.1 Å². The van der Waals surface area contributed by atoms with Gasteiger partial charge in [-0.25, -0.2) is 4.79 Å². The number of piperazine rings is 1. The van der Waals surface area contributed by atoms with E-state index in [-0.39, 0.29) is 5.97 Å². The Kier molecular flexibility index (Phi) is 5.12. The van der Waals surface area contributed by atoms with Crippen molar-refractivity contribution < 1.29 is 9.53 Å². The molecule has 0 spiro atoms. The molecule has 1 aliphatic rings. The lowest BCUT2D eigenvalue weighted by molar-refractivity contribution is -0.134. The standard InChI is InChI=1S/C15H20N2O2/c1-19-15(18)7-6-13-2-4-14(5-3-13)12-17-10-8-16-9-11-17/h2-7,16H,8-12H2,1H3/b7-6+. The molecule has 1 heterocycles. The Morgan fingerprint density at radius 3 is 2.63 bits per heavy atom. The van der Waals surface area contributed by atoms with Crippen LogP contribution >= 0.6 is 0 Å². The molecule has 0 aliphatic carbocycles. The van der Waals surface area contributed by atoms with Crippen LogP contribution in [0.25, 0.3) is 6.08 Å². The SMILES string of the molecule is COC(=O)/C=C/c1ccc(CN2CCNCC2)cc1. The molecule has 1 saturated heterocycles. The molecule has 19 heavy (non-hydrogen) atoms. The maximum atomic E-state index is 11.0. The lowest BCUT2D eigenvalue weighted by Crippen LogP contribution is -2.42. The van der Waals surface area contributed by atoms with Gasteiger partial charge < -0.3 is 10.1 Å². The molecule has 4 heteroatoms. The van der Waals surface area contributed by atoms with Gasteiger partial charge in [-0.3, -0.25) is 4.90 Å². The highest BCUT2D eigenvalue weighted by molar-refractivity contribution is 5.86. The average Bonchev–Trinajstić information content (AvgIpc) is 2.47. The zero-order chi connectivity index (χ0) is 13.5. The van der Waals surface area contributed by atoms with Crippen molar-refractivity contribution in [2.24, 2.45) is 0 Å². The maximum absolute atomic E-state index is 11.0. The van der Waals surface area contributed by atoms with Crippen molar-refractivity contribution >= 4 is 12.0 Å². The highest BCUT2D eigenvalue weighted by Gasteiger charge is 2.09. The minimum atomic E-state index is -0.329. The Morgan fingerprint density at radius 1 is 1.32 bits per heavy atom. The third-order valence-electron chi connectivity index (χ3n) is 3.21. The summed E-state index contributed by atoms with van der Waals surface area (Å²) in [7, 11) is 1.38. The first-order valence-electron chi connectivity index (χ1n) is 6.56. The summed E-state index contributed by atoms with van der Waals surface area (Å²) in [5.41, 5.74) is 2.31. The zero-order valence-electron chi connectivity index (χ0n) is 11.3. The first-order valence-corrected chi connectivity index (χ1v) is 6.56. The quantitative estimate of drug-likeness (QED) is 0.654. The normalized spacial score (nSPS) is 16.7. The molecule has 1 N–H and O–H groups in total. The minimum Gasteiger partial charge on any atom is -0.466 e. The summed E-state index contributed by atoms with van der Waals surface area (Å²) in [6, 6.07) is 8.27. The fourth-order valence-electron chi connectivity index (χ4n) is 2.09. The fraction of sp³-hybridized carbons (Fsp3) is 0.400. The van der Waals surface area contributed by atoms with Gasteiger partial charge in [-0.05, 0) is 17.2 Å². The van der Waals surface area contributed by atoms with Gasteiger partial charge in [0.05, 0.1) is 7.11 Å². The zero-order valence-corrected chi connectivity index (χ0v) is 11.3. The van der Waals surface area contributed by atoms with Crippen LogP contribution in [0.4, 0.5) is 0 Å². The van der Waals surface area contributed by atoms with E-state index in [1.54, 1.807) is 6.08 Å². The van der Waals surface area contributed by atoms with Gasteiger partial charge in [-0.1, -0.05) is 24.3 Å². The molecule has 0 bridgehead atoms. The first-order chi connectivity index (χ1) is 9.28. The van der Waals surface area contributed by atoms with Crippen molar-refractivity contribution in [3.8, 4) is 0 Å². The van der Waals surface area contributed by atoms with E-state index in [0.29, 0.717) is 0 Å². The summed E-state index contributed by atoms with van der Waals surface area (Å²) in [4.78, 5) is 13.4. The Morgan fingerprint density at radius 2 is 2.00 bits per heavy atom. The topological polar surface area (TPSA) is 41.6 Å². The highest BCUT2D eigenvalue weighted by atomic mass is 16.5. The Hall–Kier alpha value is -1.65. The van der Waals surface area contributed by atoms with E-state index in [9.17, 15) is 4.79 Å². The van der Waals surface area contributed by atoms with E-state index in [0.717, 1.165) is 38.3 Å². The molecule has 1 aromatic rings. The van der Waals surface area contributed by atoms with Crippen molar-refractivity contribution in [3.63, 3.8) is 0 Å². The summed E-state index contributed by atoms with van der Waals surface area (Å²) in [6.07, 6.45) is 3.20. The van der Waals surface area contributed by atoms with Gasteiger partial charge in [-0.15, -0.1) is 0 Å². The first kappa shape index (κ1) is 13.8. The number of carbonyl (C=O) groups excluding carboxylic acids is 1.